The number of aliphatic hydroxyl groups is 2. The molecule has 0 aromatic rings. The Bertz CT molecular complexity index is 274. The number of aliphatic hydroxyl groups excluding tert-OH is 2. The van der Waals surface area contributed by atoms with Crippen LogP contribution in [0.15, 0.2) is 0 Å². The lowest BCUT2D eigenvalue weighted by molar-refractivity contribution is -0.135. The number of likely N-dealkylation sites (tertiary alicyclic amines) is 1. The Hall–Kier alpha value is -0.610. The molecular formula is C11H17NO3. The molecule has 15 heavy (non-hydrogen) atoms. The molecule has 1 amide bonds. The van der Waals surface area contributed by atoms with Gasteiger partial charge >= 0.3 is 0 Å². The minimum atomic E-state index is -0.745. The average molecular weight is 211 g/mol. The van der Waals surface area contributed by atoms with E-state index < -0.39 is 12.2 Å². The number of carbonyl (C=O) groups excluding carboxylic acids is 1. The molecule has 4 nitrogen and oxygen atoms in total. The number of fused-ring (bicyclic) bond motifs is 1. The van der Waals surface area contributed by atoms with Gasteiger partial charge in [-0.3, -0.25) is 4.79 Å². The van der Waals surface area contributed by atoms with E-state index in [-0.39, 0.29) is 11.8 Å². The van der Waals surface area contributed by atoms with E-state index in [2.05, 4.69) is 0 Å². The fourth-order valence-electron chi connectivity index (χ4n) is 3.12. The van der Waals surface area contributed by atoms with Crippen LogP contribution in [0, 0.1) is 17.8 Å². The van der Waals surface area contributed by atoms with E-state index in [1.54, 1.807) is 4.90 Å². The van der Waals surface area contributed by atoms with Crippen molar-refractivity contribution in [2.24, 2.45) is 17.8 Å². The van der Waals surface area contributed by atoms with Gasteiger partial charge < -0.3 is 15.1 Å². The largest absolute Gasteiger partial charge is 0.388 e. The molecule has 0 radical (unpaired) electrons. The summed E-state index contributed by atoms with van der Waals surface area (Å²) in [5.41, 5.74) is 0. The summed E-state index contributed by atoms with van der Waals surface area (Å²) >= 11 is 0. The number of hydrogen-bond donors (Lipinski definition) is 2. The van der Waals surface area contributed by atoms with Gasteiger partial charge in [-0.15, -0.1) is 0 Å². The molecule has 3 aliphatic rings. The standard InChI is InChI=1S/C11H17NO3/c13-9-4-12(5-10(9)14)11(15)8-2-6-1-7(6)3-8/h6-10,13-14H,1-5H2. The number of carbonyl (C=O) groups is 1. The van der Waals surface area contributed by atoms with Crippen LogP contribution in [-0.2, 0) is 4.79 Å². The van der Waals surface area contributed by atoms with Gasteiger partial charge in [0.1, 0.15) is 0 Å². The Balaban J connectivity index is 1.60. The lowest BCUT2D eigenvalue weighted by Crippen LogP contribution is -2.34. The molecule has 2 aliphatic carbocycles. The smallest absolute Gasteiger partial charge is 0.225 e. The Morgan fingerprint density at radius 1 is 1.00 bits per heavy atom. The first-order valence-corrected chi connectivity index (χ1v) is 5.80. The predicted molar refractivity (Wildman–Crippen MR) is 52.9 cm³/mol. The molecule has 4 atom stereocenters. The van der Waals surface area contributed by atoms with Gasteiger partial charge in [-0.2, -0.15) is 0 Å². The Morgan fingerprint density at radius 2 is 1.53 bits per heavy atom. The van der Waals surface area contributed by atoms with Gasteiger partial charge in [0.15, 0.2) is 0 Å². The fraction of sp³-hybridized carbons (Fsp3) is 0.909. The van der Waals surface area contributed by atoms with E-state index in [1.807, 2.05) is 0 Å². The number of amides is 1. The van der Waals surface area contributed by atoms with Crippen molar-refractivity contribution in [2.75, 3.05) is 13.1 Å². The molecule has 0 bridgehead atoms. The minimum Gasteiger partial charge on any atom is -0.388 e. The molecule has 3 fully saturated rings. The average Bonchev–Trinajstić information content (AvgIpc) is 2.66. The maximum atomic E-state index is 12.0. The van der Waals surface area contributed by atoms with Gasteiger partial charge in [-0.05, 0) is 31.1 Å². The SMILES string of the molecule is O=C(C1CC2CC2C1)N1CC(O)C(O)C1. The van der Waals surface area contributed by atoms with Crippen LogP contribution in [0.25, 0.3) is 0 Å². The molecule has 1 saturated heterocycles. The van der Waals surface area contributed by atoms with Gasteiger partial charge in [0, 0.05) is 19.0 Å². The van der Waals surface area contributed by atoms with Crippen LogP contribution in [-0.4, -0.2) is 46.3 Å². The lowest BCUT2D eigenvalue weighted by atomic mass is 10.0. The van der Waals surface area contributed by atoms with E-state index in [9.17, 15) is 15.0 Å². The highest BCUT2D eigenvalue weighted by atomic mass is 16.3. The number of hydrogen-bond acceptors (Lipinski definition) is 3. The maximum Gasteiger partial charge on any atom is 0.225 e. The van der Waals surface area contributed by atoms with E-state index in [0.717, 1.165) is 24.7 Å². The van der Waals surface area contributed by atoms with E-state index in [0.29, 0.717) is 13.1 Å². The van der Waals surface area contributed by atoms with E-state index >= 15 is 0 Å². The summed E-state index contributed by atoms with van der Waals surface area (Å²) in [6, 6.07) is 0. The van der Waals surface area contributed by atoms with Crippen LogP contribution in [0.4, 0.5) is 0 Å². The third-order valence-corrected chi connectivity index (χ3v) is 4.16. The minimum absolute atomic E-state index is 0.151. The van der Waals surface area contributed by atoms with Crippen LogP contribution >= 0.6 is 0 Å². The van der Waals surface area contributed by atoms with Gasteiger partial charge in [0.25, 0.3) is 0 Å². The number of rotatable bonds is 1. The van der Waals surface area contributed by atoms with Gasteiger partial charge in [0.2, 0.25) is 5.91 Å². The number of nitrogens with zero attached hydrogens (tertiary/aromatic N) is 1. The first-order valence-electron chi connectivity index (χ1n) is 5.80. The molecule has 0 aromatic carbocycles. The first-order chi connectivity index (χ1) is 7.15. The first kappa shape index (κ1) is 9.60. The van der Waals surface area contributed by atoms with Crippen LogP contribution < -0.4 is 0 Å². The van der Waals surface area contributed by atoms with Crippen LogP contribution in [0.2, 0.25) is 0 Å². The van der Waals surface area contributed by atoms with Crippen molar-refractivity contribution >= 4 is 5.91 Å². The molecular weight excluding hydrogens is 194 g/mol. The topological polar surface area (TPSA) is 60.8 Å². The molecule has 0 aromatic heterocycles. The predicted octanol–water partition coefficient (Wildman–Crippen LogP) is -0.404. The second-order valence-corrected chi connectivity index (χ2v) is 5.30. The van der Waals surface area contributed by atoms with Crippen molar-refractivity contribution in [3.63, 3.8) is 0 Å². The molecule has 0 spiro atoms. The van der Waals surface area contributed by atoms with Crippen molar-refractivity contribution < 1.29 is 15.0 Å². The van der Waals surface area contributed by atoms with Crippen molar-refractivity contribution in [1.82, 2.24) is 4.90 Å². The van der Waals surface area contributed by atoms with Crippen molar-refractivity contribution in [1.29, 1.82) is 0 Å². The third kappa shape index (κ3) is 1.56. The van der Waals surface area contributed by atoms with Crippen molar-refractivity contribution in [3.8, 4) is 0 Å². The Kier molecular flexibility index (Phi) is 2.04. The molecule has 1 aliphatic heterocycles. The summed E-state index contributed by atoms with van der Waals surface area (Å²) in [6.07, 6.45) is 1.89. The second kappa shape index (κ2) is 3.19. The van der Waals surface area contributed by atoms with Crippen LogP contribution in [0.3, 0.4) is 0 Å². The van der Waals surface area contributed by atoms with Gasteiger partial charge in [0.05, 0.1) is 12.2 Å². The van der Waals surface area contributed by atoms with Gasteiger partial charge in [-0.1, -0.05) is 0 Å². The maximum absolute atomic E-state index is 12.0. The van der Waals surface area contributed by atoms with Crippen molar-refractivity contribution in [3.05, 3.63) is 0 Å². The van der Waals surface area contributed by atoms with Crippen molar-refractivity contribution in [2.45, 2.75) is 31.5 Å². The summed E-state index contributed by atoms with van der Waals surface area (Å²) in [5, 5.41) is 18.8. The molecule has 1 heterocycles. The quantitative estimate of drug-likeness (QED) is 0.620. The summed E-state index contributed by atoms with van der Waals surface area (Å²) in [7, 11) is 0. The lowest BCUT2D eigenvalue weighted by Gasteiger charge is -2.20. The highest BCUT2D eigenvalue weighted by Crippen LogP contribution is 2.54. The highest BCUT2D eigenvalue weighted by molar-refractivity contribution is 5.79. The molecule has 3 rings (SSSR count). The van der Waals surface area contributed by atoms with E-state index in [4.69, 9.17) is 0 Å². The fourth-order valence-corrected chi connectivity index (χ4v) is 3.12. The molecule has 4 heteroatoms. The second-order valence-electron chi connectivity index (χ2n) is 5.30. The summed E-state index contributed by atoms with van der Waals surface area (Å²) in [6.45, 7) is 0.623. The summed E-state index contributed by atoms with van der Waals surface area (Å²) < 4.78 is 0. The van der Waals surface area contributed by atoms with Gasteiger partial charge in [-0.25, -0.2) is 0 Å². The zero-order chi connectivity index (χ0) is 10.6. The molecule has 4 unspecified atom stereocenters. The third-order valence-electron chi connectivity index (χ3n) is 4.16. The Morgan fingerprint density at radius 3 is 2.07 bits per heavy atom. The number of β-amino-alcohol motifs (C(OH)–C–C–N with tert-alkyl or cyclic N) is 2. The van der Waals surface area contributed by atoms with Crippen LogP contribution in [0.5, 0.6) is 0 Å². The zero-order valence-corrected chi connectivity index (χ0v) is 8.67. The molecule has 2 saturated carbocycles. The summed E-state index contributed by atoms with van der Waals surface area (Å²) in [4.78, 5) is 13.6. The Labute approximate surface area is 88.9 Å². The monoisotopic (exact) mass is 211 g/mol. The highest BCUT2D eigenvalue weighted by Gasteiger charge is 2.49. The normalized spacial score (nSPS) is 48.1. The summed E-state index contributed by atoms with van der Waals surface area (Å²) in [5.74, 6) is 1.93. The van der Waals surface area contributed by atoms with E-state index in [1.165, 1.54) is 6.42 Å². The molecule has 2 N–H and O–H groups in total. The molecule has 84 valence electrons. The zero-order valence-electron chi connectivity index (χ0n) is 8.67. The van der Waals surface area contributed by atoms with Crippen LogP contribution in [0.1, 0.15) is 19.3 Å².